The Morgan fingerprint density at radius 2 is 1.89 bits per heavy atom. The molecule has 6 heteroatoms. The number of pyridine rings is 2. The van der Waals surface area contributed by atoms with E-state index >= 15 is 0 Å². The van der Waals surface area contributed by atoms with Crippen LogP contribution in [0.25, 0.3) is 31.1 Å². The quantitative estimate of drug-likeness (QED) is 0.306. The Labute approximate surface area is 163 Å². The number of anilines is 2. The molecule has 4 nitrogen and oxygen atoms in total. The first-order valence-corrected chi connectivity index (χ1v) is 9.54. The van der Waals surface area contributed by atoms with E-state index in [1.165, 1.54) is 23.5 Å². The molecule has 0 saturated heterocycles. The first-order valence-electron chi connectivity index (χ1n) is 8.72. The fourth-order valence-corrected chi connectivity index (χ4v) is 4.61. The first kappa shape index (κ1) is 16.8. The van der Waals surface area contributed by atoms with Crippen molar-refractivity contribution in [2.24, 2.45) is 0 Å². The third-order valence-electron chi connectivity index (χ3n) is 4.81. The molecular formula is C22H14FN3OS. The van der Waals surface area contributed by atoms with Gasteiger partial charge in [0.25, 0.3) is 0 Å². The fraction of sp³-hybridized carbons (Fsp3) is 0.0455. The minimum atomic E-state index is -0.415. The molecule has 0 spiro atoms. The van der Waals surface area contributed by atoms with Crippen LogP contribution < -0.4 is 10.3 Å². The van der Waals surface area contributed by atoms with E-state index in [9.17, 15) is 9.18 Å². The second-order valence-corrected chi connectivity index (χ2v) is 7.55. The number of halogens is 1. The molecule has 3 heterocycles. The van der Waals surface area contributed by atoms with Gasteiger partial charge in [-0.25, -0.2) is 9.37 Å². The number of fused-ring (bicyclic) bond motifs is 4. The maximum absolute atomic E-state index is 13.8. The first-order chi connectivity index (χ1) is 13.6. The lowest BCUT2D eigenvalue weighted by atomic mass is 10.1. The van der Waals surface area contributed by atoms with E-state index in [2.05, 4.69) is 4.98 Å². The molecule has 0 amide bonds. The molecular weight excluding hydrogens is 373 g/mol. The summed E-state index contributed by atoms with van der Waals surface area (Å²) in [6.07, 6.45) is 3.46. The smallest absolute Gasteiger partial charge is 0.196 e. The summed E-state index contributed by atoms with van der Waals surface area (Å²) in [5.74, 6) is 0.261. The lowest BCUT2D eigenvalue weighted by molar-refractivity contribution is 0.630. The molecule has 0 atom stereocenters. The lowest BCUT2D eigenvalue weighted by Gasteiger charge is -2.20. The molecule has 0 aliphatic carbocycles. The second kappa shape index (κ2) is 6.35. The van der Waals surface area contributed by atoms with Crippen molar-refractivity contribution in [3.8, 4) is 0 Å². The normalized spacial score (nSPS) is 11.4. The zero-order chi connectivity index (χ0) is 19.3. The summed E-state index contributed by atoms with van der Waals surface area (Å²) in [7, 11) is 1.90. The predicted molar refractivity (Wildman–Crippen MR) is 113 cm³/mol. The molecule has 2 aromatic carbocycles. The van der Waals surface area contributed by atoms with Crippen molar-refractivity contribution in [1.29, 1.82) is 0 Å². The largest absolute Gasteiger partial charge is 0.327 e. The van der Waals surface area contributed by atoms with Crippen molar-refractivity contribution in [3.63, 3.8) is 0 Å². The zero-order valence-electron chi connectivity index (χ0n) is 14.9. The van der Waals surface area contributed by atoms with Gasteiger partial charge in [-0.05, 0) is 36.4 Å². The summed E-state index contributed by atoms with van der Waals surface area (Å²) >= 11 is 1.45. The lowest BCUT2D eigenvalue weighted by Crippen LogP contribution is -2.13. The summed E-state index contributed by atoms with van der Waals surface area (Å²) in [6, 6.07) is 15.7. The number of nitrogens with zero attached hydrogens (tertiary/aromatic N) is 3. The van der Waals surface area contributed by atoms with Gasteiger partial charge in [-0.2, -0.15) is 0 Å². The predicted octanol–water partition coefficient (Wildman–Crippen LogP) is 5.26. The minimum Gasteiger partial charge on any atom is -0.327 e. The average molecular weight is 387 g/mol. The van der Waals surface area contributed by atoms with Gasteiger partial charge >= 0.3 is 0 Å². The Morgan fingerprint density at radius 1 is 1.04 bits per heavy atom. The van der Waals surface area contributed by atoms with Crippen molar-refractivity contribution >= 4 is 53.9 Å². The van der Waals surface area contributed by atoms with E-state index in [1.807, 2.05) is 48.3 Å². The highest BCUT2D eigenvalue weighted by atomic mass is 32.1. The Bertz CT molecular complexity index is 1420. The highest BCUT2D eigenvalue weighted by molar-refractivity contribution is 7.25. The van der Waals surface area contributed by atoms with Crippen LogP contribution in [0.4, 0.5) is 15.9 Å². The van der Waals surface area contributed by atoms with Gasteiger partial charge in [-0.1, -0.05) is 18.2 Å². The van der Waals surface area contributed by atoms with Gasteiger partial charge in [0, 0.05) is 28.7 Å². The van der Waals surface area contributed by atoms with Crippen LogP contribution in [0.2, 0.25) is 0 Å². The SMILES string of the molecule is CN(c1cccnc1)c1nc2ccccc2c2c(=O)c3cc(F)ccc3sc12. The summed E-state index contributed by atoms with van der Waals surface area (Å²) in [6.45, 7) is 0. The van der Waals surface area contributed by atoms with Gasteiger partial charge in [-0.3, -0.25) is 9.78 Å². The van der Waals surface area contributed by atoms with E-state index in [4.69, 9.17) is 4.98 Å². The summed E-state index contributed by atoms with van der Waals surface area (Å²) in [5.41, 5.74) is 1.41. The maximum Gasteiger partial charge on any atom is 0.196 e. The Kier molecular flexibility index (Phi) is 3.80. The molecule has 5 rings (SSSR count). The molecule has 0 fully saturated rings. The van der Waals surface area contributed by atoms with E-state index < -0.39 is 5.82 Å². The summed E-state index contributed by atoms with van der Waals surface area (Å²) in [4.78, 5) is 24.3. The molecule has 3 aromatic heterocycles. The van der Waals surface area contributed by atoms with Crippen LogP contribution in [0, 0.1) is 5.82 Å². The molecule has 0 radical (unpaired) electrons. The Morgan fingerprint density at radius 3 is 2.71 bits per heavy atom. The average Bonchev–Trinajstić information content (AvgIpc) is 2.74. The van der Waals surface area contributed by atoms with E-state index in [0.717, 1.165) is 26.0 Å². The van der Waals surface area contributed by atoms with Gasteiger partial charge in [0.05, 0.1) is 27.5 Å². The molecule has 136 valence electrons. The molecule has 0 saturated carbocycles. The van der Waals surface area contributed by atoms with Crippen LogP contribution in [0.3, 0.4) is 0 Å². The van der Waals surface area contributed by atoms with Crippen molar-refractivity contribution < 1.29 is 4.39 Å². The van der Waals surface area contributed by atoms with Gasteiger partial charge in [0.2, 0.25) is 0 Å². The third kappa shape index (κ3) is 2.53. The van der Waals surface area contributed by atoms with Crippen LogP contribution in [-0.2, 0) is 0 Å². The van der Waals surface area contributed by atoms with E-state index in [1.54, 1.807) is 18.5 Å². The monoisotopic (exact) mass is 387 g/mol. The minimum absolute atomic E-state index is 0.178. The molecule has 0 aliphatic rings. The number of rotatable bonds is 2. The number of aromatic nitrogens is 2. The summed E-state index contributed by atoms with van der Waals surface area (Å²) < 4.78 is 15.3. The van der Waals surface area contributed by atoms with Crippen LogP contribution >= 0.6 is 11.3 Å². The number of benzene rings is 2. The Balaban J connectivity index is 1.96. The van der Waals surface area contributed by atoms with Crippen LogP contribution in [0.1, 0.15) is 0 Å². The number of hydrogen-bond acceptors (Lipinski definition) is 5. The number of hydrogen-bond donors (Lipinski definition) is 0. The highest BCUT2D eigenvalue weighted by Crippen LogP contribution is 2.37. The van der Waals surface area contributed by atoms with Crippen molar-refractivity contribution in [3.05, 3.63) is 83.0 Å². The van der Waals surface area contributed by atoms with Crippen molar-refractivity contribution in [2.45, 2.75) is 0 Å². The number of para-hydroxylation sites is 1. The van der Waals surface area contributed by atoms with Crippen LogP contribution in [0.5, 0.6) is 0 Å². The van der Waals surface area contributed by atoms with Crippen LogP contribution in [0.15, 0.2) is 71.8 Å². The summed E-state index contributed by atoms with van der Waals surface area (Å²) in [5, 5.41) is 1.73. The molecule has 5 aromatic rings. The fourth-order valence-electron chi connectivity index (χ4n) is 3.42. The van der Waals surface area contributed by atoms with E-state index in [0.29, 0.717) is 16.6 Å². The zero-order valence-corrected chi connectivity index (χ0v) is 15.7. The molecule has 0 N–H and O–H groups in total. The molecule has 28 heavy (non-hydrogen) atoms. The van der Waals surface area contributed by atoms with Crippen molar-refractivity contribution in [1.82, 2.24) is 9.97 Å². The van der Waals surface area contributed by atoms with Gasteiger partial charge < -0.3 is 4.90 Å². The molecule has 0 aliphatic heterocycles. The van der Waals surface area contributed by atoms with Gasteiger partial charge in [0.15, 0.2) is 11.2 Å². The van der Waals surface area contributed by atoms with E-state index in [-0.39, 0.29) is 5.43 Å². The topological polar surface area (TPSA) is 46.1 Å². The molecule has 0 bridgehead atoms. The maximum atomic E-state index is 13.8. The Hall–Kier alpha value is -3.38. The van der Waals surface area contributed by atoms with Crippen LogP contribution in [-0.4, -0.2) is 17.0 Å². The van der Waals surface area contributed by atoms with Gasteiger partial charge in [-0.15, -0.1) is 11.3 Å². The van der Waals surface area contributed by atoms with Crippen molar-refractivity contribution in [2.75, 3.05) is 11.9 Å². The molecule has 0 unspecified atom stereocenters. The van der Waals surface area contributed by atoms with Gasteiger partial charge in [0.1, 0.15) is 5.82 Å². The highest BCUT2D eigenvalue weighted by Gasteiger charge is 2.18. The third-order valence-corrected chi connectivity index (χ3v) is 5.97. The standard InChI is InChI=1S/C22H14FN3OS/c1-26(14-5-4-10-24-12-14)22-21-19(15-6-2-3-7-17(15)25-22)20(27)16-11-13(23)8-9-18(16)28-21/h2-12H,1H3. The second-order valence-electron chi connectivity index (χ2n) is 6.50.